The highest BCUT2D eigenvalue weighted by molar-refractivity contribution is 6.10. The molecule has 202 valence electrons. The fourth-order valence-electron chi connectivity index (χ4n) is 6.48. The molecule has 9 heteroatoms. The van der Waals surface area contributed by atoms with Crippen molar-refractivity contribution in [2.24, 2.45) is 11.8 Å². The molecule has 1 aliphatic heterocycles. The molecule has 1 heterocycles. The van der Waals surface area contributed by atoms with Gasteiger partial charge in [-0.15, -0.1) is 0 Å². The number of anilines is 2. The van der Waals surface area contributed by atoms with Crippen molar-refractivity contribution in [2.75, 3.05) is 17.2 Å². The molecule has 1 saturated heterocycles. The fourth-order valence-corrected chi connectivity index (χ4v) is 6.48. The third kappa shape index (κ3) is 4.05. The molecule has 3 aromatic rings. The number of benzene rings is 3. The van der Waals surface area contributed by atoms with Crippen molar-refractivity contribution >= 4 is 41.0 Å². The maximum Gasteiger partial charge on any atom is 0.329 e. The lowest BCUT2D eigenvalue weighted by Crippen LogP contribution is -2.45. The van der Waals surface area contributed by atoms with E-state index in [0.29, 0.717) is 11.4 Å². The zero-order chi connectivity index (χ0) is 28.1. The number of hydrogen-bond acceptors (Lipinski definition) is 6. The van der Waals surface area contributed by atoms with Gasteiger partial charge in [0.15, 0.2) is 6.61 Å². The van der Waals surface area contributed by atoms with Crippen LogP contribution in [0.15, 0.2) is 72.8 Å². The van der Waals surface area contributed by atoms with E-state index in [0.717, 1.165) is 27.2 Å². The molecule has 0 aromatic heterocycles. The number of carbonyl (C=O) groups excluding carboxylic acids is 5. The van der Waals surface area contributed by atoms with Gasteiger partial charge in [-0.25, -0.2) is 4.79 Å². The summed E-state index contributed by atoms with van der Waals surface area (Å²) in [7, 11) is 0. The molecular weight excluding hydrogens is 510 g/mol. The minimum atomic E-state index is -1.18. The van der Waals surface area contributed by atoms with Gasteiger partial charge in [0.25, 0.3) is 5.91 Å². The Kier molecular flexibility index (Phi) is 6.21. The summed E-state index contributed by atoms with van der Waals surface area (Å²) in [5, 5.41) is 5.24. The first-order valence-corrected chi connectivity index (χ1v) is 13.1. The molecule has 9 nitrogen and oxygen atoms in total. The monoisotopic (exact) mass is 537 g/mol. The number of amides is 4. The number of esters is 1. The quantitative estimate of drug-likeness (QED) is 0.367. The second-order valence-electron chi connectivity index (χ2n) is 10.4. The van der Waals surface area contributed by atoms with E-state index < -0.39 is 36.4 Å². The van der Waals surface area contributed by atoms with Crippen LogP contribution in [0.25, 0.3) is 0 Å². The zero-order valence-corrected chi connectivity index (χ0v) is 21.9. The second-order valence-corrected chi connectivity index (χ2v) is 10.4. The largest absolute Gasteiger partial charge is 0.454 e. The molecule has 1 fully saturated rings. The highest BCUT2D eigenvalue weighted by Crippen LogP contribution is 2.61. The third-order valence-electron chi connectivity index (χ3n) is 8.05. The molecule has 0 radical (unpaired) electrons. The van der Waals surface area contributed by atoms with Gasteiger partial charge in [0, 0.05) is 30.1 Å². The van der Waals surface area contributed by atoms with Gasteiger partial charge in [-0.05, 0) is 53.4 Å². The van der Waals surface area contributed by atoms with Crippen LogP contribution >= 0.6 is 0 Å². The number of nitrogens with zero attached hydrogens (tertiary/aromatic N) is 1. The lowest BCUT2D eigenvalue weighted by atomic mass is 9.55. The first-order valence-electron chi connectivity index (χ1n) is 13.1. The van der Waals surface area contributed by atoms with Crippen molar-refractivity contribution in [1.29, 1.82) is 0 Å². The highest BCUT2D eigenvalue weighted by atomic mass is 16.5. The lowest BCUT2D eigenvalue weighted by molar-refractivity contribution is -0.159. The smallest absolute Gasteiger partial charge is 0.329 e. The van der Waals surface area contributed by atoms with Crippen LogP contribution in [0.1, 0.15) is 47.9 Å². The molecule has 3 aromatic carbocycles. The fraction of sp³-hybridized carbons (Fsp3) is 0.258. The van der Waals surface area contributed by atoms with Crippen LogP contribution in [-0.4, -0.2) is 47.1 Å². The van der Waals surface area contributed by atoms with E-state index in [4.69, 9.17) is 4.74 Å². The predicted molar refractivity (Wildman–Crippen MR) is 145 cm³/mol. The molecule has 4 amide bonds. The van der Waals surface area contributed by atoms with Crippen molar-refractivity contribution < 1.29 is 28.7 Å². The molecule has 3 atom stereocenters. The molecule has 2 bridgehead atoms. The van der Waals surface area contributed by atoms with E-state index >= 15 is 0 Å². The summed E-state index contributed by atoms with van der Waals surface area (Å²) in [4.78, 5) is 65.1. The van der Waals surface area contributed by atoms with Gasteiger partial charge < -0.3 is 15.4 Å². The predicted octanol–water partition coefficient (Wildman–Crippen LogP) is 3.41. The number of hydrogen-bond donors (Lipinski definition) is 2. The summed E-state index contributed by atoms with van der Waals surface area (Å²) in [6, 6.07) is 21.1. The maximum absolute atomic E-state index is 13.8. The van der Waals surface area contributed by atoms with Crippen LogP contribution in [0.4, 0.5) is 11.4 Å². The summed E-state index contributed by atoms with van der Waals surface area (Å²) in [5.74, 6) is -4.13. The molecular formula is C31H27N3O6. The van der Waals surface area contributed by atoms with Crippen LogP contribution < -0.4 is 10.6 Å². The Hall–Kier alpha value is -4.79. The average Bonchev–Trinajstić information content (AvgIpc) is 3.22. The number of likely N-dealkylation sites (tertiary alicyclic amines) is 1. The van der Waals surface area contributed by atoms with E-state index in [1.54, 1.807) is 24.3 Å². The standard InChI is InChI=1S/C31H27N3O6/c1-16(31(39)40-15-24(36)33-19-13-11-18(12-14-19)32-17(2)35)34-29(37)27-25-20-7-3-4-8-21(20)26(28(27)30(34)38)23-10-6-5-9-22(23)25/h3-14,16,25-28H,15H2,1-2H3,(H,32,35)(H,33,36)/t16-,25?,26?,27-,28-/m0/s1. The van der Waals surface area contributed by atoms with Gasteiger partial charge in [0.05, 0.1) is 11.8 Å². The van der Waals surface area contributed by atoms with Crippen LogP contribution in [0, 0.1) is 11.8 Å². The molecule has 0 spiro atoms. The number of nitrogens with one attached hydrogen (secondary N) is 2. The van der Waals surface area contributed by atoms with Gasteiger partial charge in [0.2, 0.25) is 17.7 Å². The lowest BCUT2D eigenvalue weighted by Gasteiger charge is -2.45. The molecule has 0 unspecified atom stereocenters. The second kappa shape index (κ2) is 9.75. The van der Waals surface area contributed by atoms with Crippen molar-refractivity contribution in [1.82, 2.24) is 4.90 Å². The topological polar surface area (TPSA) is 122 Å². The maximum atomic E-state index is 13.8. The van der Waals surface area contributed by atoms with E-state index in [-0.39, 0.29) is 29.6 Å². The number of carbonyl (C=O) groups is 5. The van der Waals surface area contributed by atoms with Crippen LogP contribution in [0.5, 0.6) is 0 Å². The van der Waals surface area contributed by atoms with E-state index in [1.807, 2.05) is 48.5 Å². The van der Waals surface area contributed by atoms with Gasteiger partial charge in [-0.1, -0.05) is 48.5 Å². The number of ether oxygens (including phenoxy) is 1. The van der Waals surface area contributed by atoms with E-state index in [1.165, 1.54) is 13.8 Å². The van der Waals surface area contributed by atoms with E-state index in [9.17, 15) is 24.0 Å². The molecule has 40 heavy (non-hydrogen) atoms. The Bertz CT molecular complexity index is 1450. The van der Waals surface area contributed by atoms with Crippen molar-refractivity contribution in [3.05, 3.63) is 95.1 Å². The molecule has 0 saturated carbocycles. The third-order valence-corrected chi connectivity index (χ3v) is 8.05. The van der Waals surface area contributed by atoms with Crippen LogP contribution in [-0.2, 0) is 28.7 Å². The first-order chi connectivity index (χ1) is 19.3. The average molecular weight is 538 g/mol. The normalized spacial score (nSPS) is 22.6. The summed E-state index contributed by atoms with van der Waals surface area (Å²) in [6.07, 6.45) is 0. The SMILES string of the molecule is CC(=O)Nc1ccc(NC(=O)COC(=O)[C@H](C)N2C(=O)[C@H]3C4c5ccccc5C(c5ccccc54)[C@@H]3C2=O)cc1. The van der Waals surface area contributed by atoms with Crippen LogP contribution in [0.3, 0.4) is 0 Å². The highest BCUT2D eigenvalue weighted by Gasteiger charge is 2.62. The molecule has 3 aliphatic carbocycles. The Balaban J connectivity index is 1.15. The number of imide groups is 1. The van der Waals surface area contributed by atoms with Gasteiger partial charge in [-0.3, -0.25) is 24.1 Å². The first kappa shape index (κ1) is 25.5. The summed E-state index contributed by atoms with van der Waals surface area (Å²) < 4.78 is 5.22. The minimum Gasteiger partial charge on any atom is -0.454 e. The Labute approximate surface area is 230 Å². The Morgan fingerprint density at radius 3 is 1.60 bits per heavy atom. The Morgan fingerprint density at radius 2 is 1.18 bits per heavy atom. The summed E-state index contributed by atoms with van der Waals surface area (Å²) in [6.45, 7) is 2.27. The molecule has 2 N–H and O–H groups in total. The molecule has 7 rings (SSSR count). The van der Waals surface area contributed by atoms with Crippen molar-refractivity contribution in [3.8, 4) is 0 Å². The van der Waals surface area contributed by atoms with Gasteiger partial charge >= 0.3 is 5.97 Å². The Morgan fingerprint density at radius 1 is 0.750 bits per heavy atom. The minimum absolute atomic E-state index is 0.214. The van der Waals surface area contributed by atoms with Crippen LogP contribution in [0.2, 0.25) is 0 Å². The number of rotatable bonds is 6. The van der Waals surface area contributed by atoms with E-state index in [2.05, 4.69) is 10.6 Å². The van der Waals surface area contributed by atoms with Crippen molar-refractivity contribution in [3.63, 3.8) is 0 Å². The summed E-state index contributed by atoms with van der Waals surface area (Å²) in [5.41, 5.74) is 5.22. The van der Waals surface area contributed by atoms with Gasteiger partial charge in [0.1, 0.15) is 6.04 Å². The summed E-state index contributed by atoms with van der Waals surface area (Å²) >= 11 is 0. The van der Waals surface area contributed by atoms with Crippen molar-refractivity contribution in [2.45, 2.75) is 31.7 Å². The zero-order valence-electron chi connectivity index (χ0n) is 21.9. The van der Waals surface area contributed by atoms with Gasteiger partial charge in [-0.2, -0.15) is 0 Å². The molecule has 4 aliphatic rings.